The predicted molar refractivity (Wildman–Crippen MR) is 59.1 cm³/mol. The molecule has 0 aliphatic rings. The van der Waals surface area contributed by atoms with E-state index in [1.165, 1.54) is 0 Å². The quantitative estimate of drug-likeness (QED) is 0.867. The number of nitrogens with two attached hydrogens (primary N) is 1. The van der Waals surface area contributed by atoms with Gasteiger partial charge < -0.3 is 10.3 Å². The van der Waals surface area contributed by atoms with Crippen LogP contribution >= 0.6 is 27.5 Å². The van der Waals surface area contributed by atoms with Gasteiger partial charge in [-0.2, -0.15) is 0 Å². The van der Waals surface area contributed by atoms with E-state index in [2.05, 4.69) is 21.1 Å². The lowest BCUT2D eigenvalue weighted by Crippen LogP contribution is -1.85. The van der Waals surface area contributed by atoms with Crippen molar-refractivity contribution in [1.82, 2.24) is 5.16 Å². The molecule has 2 N–H and O–H groups in total. The van der Waals surface area contributed by atoms with Crippen molar-refractivity contribution in [2.45, 2.75) is 0 Å². The summed E-state index contributed by atoms with van der Waals surface area (Å²) in [5, 5.41) is 3.77. The van der Waals surface area contributed by atoms with E-state index in [4.69, 9.17) is 21.9 Å². The zero-order valence-corrected chi connectivity index (χ0v) is 9.34. The minimum atomic E-state index is 0.197. The number of anilines is 1. The van der Waals surface area contributed by atoms with Crippen molar-refractivity contribution in [2.24, 2.45) is 0 Å². The largest absolute Gasteiger partial charge is 0.393 e. The normalized spacial score (nSPS) is 10.4. The van der Waals surface area contributed by atoms with Crippen molar-refractivity contribution in [2.75, 3.05) is 5.73 Å². The van der Waals surface area contributed by atoms with Crippen LogP contribution in [0, 0.1) is 0 Å². The molecule has 0 saturated heterocycles. The molecule has 2 aromatic rings. The molecule has 0 radical (unpaired) electrons. The van der Waals surface area contributed by atoms with Gasteiger partial charge in [0.15, 0.2) is 10.9 Å². The highest BCUT2D eigenvalue weighted by atomic mass is 79.9. The van der Waals surface area contributed by atoms with E-state index in [-0.39, 0.29) is 5.15 Å². The Kier molecular flexibility index (Phi) is 2.48. The summed E-state index contributed by atoms with van der Waals surface area (Å²) in [6.07, 6.45) is 0. The van der Waals surface area contributed by atoms with Crippen LogP contribution in [0.4, 0.5) is 5.69 Å². The van der Waals surface area contributed by atoms with Crippen molar-refractivity contribution in [1.29, 1.82) is 0 Å². The Bertz CT molecular complexity index is 452. The van der Waals surface area contributed by atoms with Crippen LogP contribution in [-0.2, 0) is 0 Å². The molecule has 0 aliphatic carbocycles. The number of nitrogen functional groups attached to an aromatic ring is 1. The van der Waals surface area contributed by atoms with Gasteiger partial charge in [-0.15, -0.1) is 0 Å². The zero-order valence-electron chi connectivity index (χ0n) is 7.00. The number of hydrogen-bond acceptors (Lipinski definition) is 3. The third-order valence-corrected chi connectivity index (χ3v) is 2.59. The molecule has 2 rings (SSSR count). The average Bonchev–Trinajstić information content (AvgIpc) is 2.50. The van der Waals surface area contributed by atoms with Gasteiger partial charge in [-0.25, -0.2) is 0 Å². The SMILES string of the molecule is Nc1c(Cl)noc1-c1ccc(Br)cc1. The van der Waals surface area contributed by atoms with Gasteiger partial charge in [0, 0.05) is 10.0 Å². The number of aromatic nitrogens is 1. The number of halogens is 2. The van der Waals surface area contributed by atoms with Crippen molar-refractivity contribution in [3.63, 3.8) is 0 Å². The number of rotatable bonds is 1. The Labute approximate surface area is 94.0 Å². The molecular formula is C9H6BrClN2O. The van der Waals surface area contributed by atoms with Crippen molar-refractivity contribution < 1.29 is 4.52 Å². The molecule has 0 fully saturated rings. The van der Waals surface area contributed by atoms with Gasteiger partial charge >= 0.3 is 0 Å². The summed E-state index contributed by atoms with van der Waals surface area (Å²) in [5.74, 6) is 0.502. The van der Waals surface area contributed by atoms with Crippen LogP contribution in [0.15, 0.2) is 33.3 Å². The molecule has 0 atom stereocenters. The van der Waals surface area contributed by atoms with Gasteiger partial charge in [0.2, 0.25) is 0 Å². The monoisotopic (exact) mass is 272 g/mol. The average molecular weight is 274 g/mol. The van der Waals surface area contributed by atoms with Gasteiger partial charge in [-0.05, 0) is 24.3 Å². The van der Waals surface area contributed by atoms with Crippen molar-refractivity contribution in [3.8, 4) is 11.3 Å². The van der Waals surface area contributed by atoms with Crippen LogP contribution in [0.25, 0.3) is 11.3 Å². The summed E-state index contributed by atoms with van der Waals surface area (Å²) >= 11 is 9.01. The molecule has 5 heteroatoms. The first-order chi connectivity index (χ1) is 6.68. The summed E-state index contributed by atoms with van der Waals surface area (Å²) in [6.45, 7) is 0. The third kappa shape index (κ3) is 1.63. The summed E-state index contributed by atoms with van der Waals surface area (Å²) in [4.78, 5) is 0. The minimum absolute atomic E-state index is 0.197. The Morgan fingerprint density at radius 2 is 1.93 bits per heavy atom. The standard InChI is InChI=1S/C9H6BrClN2O/c10-6-3-1-5(2-4-6)8-7(12)9(11)13-14-8/h1-4H,12H2. The molecule has 0 spiro atoms. The maximum Gasteiger partial charge on any atom is 0.195 e. The molecule has 0 aliphatic heterocycles. The van der Waals surface area contributed by atoms with E-state index in [1.807, 2.05) is 24.3 Å². The van der Waals surface area contributed by atoms with Crippen molar-refractivity contribution in [3.05, 3.63) is 33.9 Å². The topological polar surface area (TPSA) is 52.0 Å². The molecule has 3 nitrogen and oxygen atoms in total. The highest BCUT2D eigenvalue weighted by molar-refractivity contribution is 9.10. The maximum atomic E-state index is 5.67. The highest BCUT2D eigenvalue weighted by Gasteiger charge is 2.12. The maximum absolute atomic E-state index is 5.67. The molecule has 1 heterocycles. The smallest absolute Gasteiger partial charge is 0.195 e. The van der Waals surface area contributed by atoms with Crippen LogP contribution in [0.2, 0.25) is 5.15 Å². The van der Waals surface area contributed by atoms with E-state index in [9.17, 15) is 0 Å². The molecule has 1 aromatic heterocycles. The molecule has 0 unspecified atom stereocenters. The minimum Gasteiger partial charge on any atom is -0.393 e. The fourth-order valence-electron chi connectivity index (χ4n) is 1.09. The first-order valence-electron chi connectivity index (χ1n) is 3.85. The first kappa shape index (κ1) is 9.55. The van der Waals surface area contributed by atoms with Crippen LogP contribution in [0.5, 0.6) is 0 Å². The molecule has 1 aromatic carbocycles. The molecular weight excluding hydrogens is 267 g/mol. The van der Waals surface area contributed by atoms with Gasteiger partial charge in [-0.1, -0.05) is 32.7 Å². The number of hydrogen-bond donors (Lipinski definition) is 1. The van der Waals surface area contributed by atoms with Crippen LogP contribution in [-0.4, -0.2) is 5.16 Å². The third-order valence-electron chi connectivity index (χ3n) is 1.79. The van der Waals surface area contributed by atoms with Crippen LogP contribution in [0.1, 0.15) is 0 Å². The molecule has 0 bridgehead atoms. The van der Waals surface area contributed by atoms with E-state index in [1.54, 1.807) is 0 Å². The second-order valence-electron chi connectivity index (χ2n) is 2.72. The molecule has 72 valence electrons. The van der Waals surface area contributed by atoms with E-state index in [0.29, 0.717) is 11.4 Å². The second kappa shape index (κ2) is 3.63. The highest BCUT2D eigenvalue weighted by Crippen LogP contribution is 2.31. The Balaban J connectivity index is 2.49. The summed E-state index contributed by atoms with van der Waals surface area (Å²) in [5.41, 5.74) is 6.89. The lowest BCUT2D eigenvalue weighted by atomic mass is 10.1. The zero-order chi connectivity index (χ0) is 10.1. The molecule has 14 heavy (non-hydrogen) atoms. The lowest BCUT2D eigenvalue weighted by Gasteiger charge is -1.96. The van der Waals surface area contributed by atoms with Crippen molar-refractivity contribution >= 4 is 33.2 Å². The first-order valence-corrected chi connectivity index (χ1v) is 5.02. The van der Waals surface area contributed by atoms with Crippen LogP contribution < -0.4 is 5.73 Å². The van der Waals surface area contributed by atoms with Gasteiger partial charge in [0.05, 0.1) is 0 Å². The fourth-order valence-corrected chi connectivity index (χ4v) is 1.47. The summed E-state index contributed by atoms with van der Waals surface area (Å²) in [6, 6.07) is 7.53. The van der Waals surface area contributed by atoms with E-state index >= 15 is 0 Å². The van der Waals surface area contributed by atoms with Gasteiger partial charge in [0.1, 0.15) is 5.69 Å². The molecule has 0 amide bonds. The lowest BCUT2D eigenvalue weighted by molar-refractivity contribution is 0.433. The van der Waals surface area contributed by atoms with E-state index in [0.717, 1.165) is 10.0 Å². The Hall–Kier alpha value is -1.00. The molecule has 0 saturated carbocycles. The number of benzene rings is 1. The summed E-state index contributed by atoms with van der Waals surface area (Å²) < 4.78 is 5.99. The Morgan fingerprint density at radius 3 is 2.43 bits per heavy atom. The fraction of sp³-hybridized carbons (Fsp3) is 0. The Morgan fingerprint density at radius 1 is 1.29 bits per heavy atom. The van der Waals surface area contributed by atoms with Crippen LogP contribution in [0.3, 0.4) is 0 Å². The second-order valence-corrected chi connectivity index (χ2v) is 4.00. The van der Waals surface area contributed by atoms with E-state index < -0.39 is 0 Å². The predicted octanol–water partition coefficient (Wildman–Crippen LogP) is 3.34. The number of nitrogens with zero attached hydrogens (tertiary/aromatic N) is 1. The van der Waals surface area contributed by atoms with Gasteiger partial charge in [-0.3, -0.25) is 0 Å². The van der Waals surface area contributed by atoms with Gasteiger partial charge in [0.25, 0.3) is 0 Å². The summed E-state index contributed by atoms with van der Waals surface area (Å²) in [7, 11) is 0.